The van der Waals surface area contributed by atoms with Crippen LogP contribution in [0.2, 0.25) is 0 Å². The molecule has 1 heterocycles. The Labute approximate surface area is 88.4 Å². The minimum Gasteiger partial charge on any atom is -0.504 e. The molecule has 0 saturated heterocycles. The van der Waals surface area contributed by atoms with E-state index in [9.17, 15) is 9.90 Å². The number of ketones is 1. The van der Waals surface area contributed by atoms with Crippen LogP contribution in [0.5, 0.6) is 5.75 Å². The summed E-state index contributed by atoms with van der Waals surface area (Å²) in [6.45, 7) is 1.40. The van der Waals surface area contributed by atoms with Crippen LogP contribution in [-0.2, 0) is 0 Å². The molecule has 1 aliphatic rings. The van der Waals surface area contributed by atoms with E-state index in [1.807, 2.05) is 0 Å². The van der Waals surface area contributed by atoms with Crippen molar-refractivity contribution in [2.45, 2.75) is 38.5 Å². The zero-order valence-electron chi connectivity index (χ0n) is 8.73. The first-order valence-corrected chi connectivity index (χ1v) is 5.25. The number of nitrogens with zero attached hydrogens (tertiary/aromatic N) is 2. The topological polar surface area (TPSA) is 63.1 Å². The highest BCUT2D eigenvalue weighted by molar-refractivity contribution is 5.94. The minimum absolute atomic E-state index is 0.121. The van der Waals surface area contributed by atoms with E-state index >= 15 is 0 Å². The van der Waals surface area contributed by atoms with Crippen molar-refractivity contribution in [2.75, 3.05) is 0 Å². The molecule has 80 valence electrons. The van der Waals surface area contributed by atoms with Crippen molar-refractivity contribution in [1.82, 2.24) is 9.97 Å². The van der Waals surface area contributed by atoms with Crippen LogP contribution < -0.4 is 0 Å². The summed E-state index contributed by atoms with van der Waals surface area (Å²) in [5.41, 5.74) is 0.145. The van der Waals surface area contributed by atoms with E-state index < -0.39 is 0 Å². The summed E-state index contributed by atoms with van der Waals surface area (Å²) < 4.78 is 0. The van der Waals surface area contributed by atoms with Gasteiger partial charge in [-0.25, -0.2) is 9.97 Å². The Bertz CT molecular complexity index is 384. The third-order valence-corrected chi connectivity index (χ3v) is 2.84. The van der Waals surface area contributed by atoms with Gasteiger partial charge in [-0.15, -0.1) is 0 Å². The molecule has 2 rings (SSSR count). The summed E-state index contributed by atoms with van der Waals surface area (Å²) in [5.74, 6) is 0.734. The van der Waals surface area contributed by atoms with Crippen LogP contribution in [0.3, 0.4) is 0 Å². The van der Waals surface area contributed by atoms with Gasteiger partial charge in [0.1, 0.15) is 5.82 Å². The van der Waals surface area contributed by atoms with Crippen molar-refractivity contribution in [3.8, 4) is 5.75 Å². The van der Waals surface area contributed by atoms with E-state index in [1.54, 1.807) is 0 Å². The number of hydrogen-bond acceptors (Lipinski definition) is 4. The first-order valence-electron chi connectivity index (χ1n) is 5.25. The van der Waals surface area contributed by atoms with Gasteiger partial charge in [-0.05, 0) is 12.8 Å². The zero-order valence-corrected chi connectivity index (χ0v) is 8.73. The van der Waals surface area contributed by atoms with Gasteiger partial charge >= 0.3 is 0 Å². The van der Waals surface area contributed by atoms with Gasteiger partial charge in [0.25, 0.3) is 0 Å². The second-order valence-electron chi connectivity index (χ2n) is 4.00. The maximum atomic E-state index is 11.2. The fourth-order valence-corrected chi connectivity index (χ4v) is 2.03. The molecule has 0 amide bonds. The van der Waals surface area contributed by atoms with Crippen molar-refractivity contribution < 1.29 is 9.90 Å². The number of carbonyl (C=O) groups is 1. The predicted molar refractivity (Wildman–Crippen MR) is 54.9 cm³/mol. The van der Waals surface area contributed by atoms with Gasteiger partial charge in [0.2, 0.25) is 0 Å². The average Bonchev–Trinajstić information content (AvgIpc) is 2.71. The predicted octanol–water partition coefficient (Wildman–Crippen LogP) is 2.04. The molecule has 1 aliphatic carbocycles. The third-order valence-electron chi connectivity index (χ3n) is 2.84. The van der Waals surface area contributed by atoms with Crippen LogP contribution in [0.25, 0.3) is 0 Å². The molecule has 0 bridgehead atoms. The number of carbonyl (C=O) groups excluding carboxylic acids is 1. The fraction of sp³-hybridized carbons (Fsp3) is 0.545. The Morgan fingerprint density at radius 1 is 1.47 bits per heavy atom. The summed E-state index contributed by atoms with van der Waals surface area (Å²) in [6.07, 6.45) is 5.90. The lowest BCUT2D eigenvalue weighted by Gasteiger charge is -2.08. The number of rotatable bonds is 2. The lowest BCUT2D eigenvalue weighted by Crippen LogP contribution is -2.06. The smallest absolute Gasteiger partial charge is 0.182 e. The molecule has 0 aliphatic heterocycles. The van der Waals surface area contributed by atoms with Crippen LogP contribution in [0.4, 0.5) is 0 Å². The second kappa shape index (κ2) is 3.96. The molecule has 1 N–H and O–H groups in total. The number of hydrogen-bond donors (Lipinski definition) is 1. The Morgan fingerprint density at radius 2 is 2.13 bits per heavy atom. The van der Waals surface area contributed by atoms with Crippen LogP contribution >= 0.6 is 0 Å². The summed E-state index contributed by atoms with van der Waals surface area (Å²) in [7, 11) is 0. The lowest BCUT2D eigenvalue weighted by atomic mass is 10.1. The summed E-state index contributed by atoms with van der Waals surface area (Å²) >= 11 is 0. The first kappa shape index (κ1) is 10.1. The van der Waals surface area contributed by atoms with E-state index in [-0.39, 0.29) is 17.2 Å². The van der Waals surface area contributed by atoms with Crippen molar-refractivity contribution in [3.05, 3.63) is 17.7 Å². The van der Waals surface area contributed by atoms with E-state index in [4.69, 9.17) is 0 Å². The highest BCUT2D eigenvalue weighted by Gasteiger charge is 2.21. The molecular weight excluding hydrogens is 192 g/mol. The molecule has 1 aromatic heterocycles. The van der Waals surface area contributed by atoms with Gasteiger partial charge in [0, 0.05) is 12.8 Å². The normalized spacial score (nSPS) is 16.9. The average molecular weight is 206 g/mol. The highest BCUT2D eigenvalue weighted by Crippen LogP contribution is 2.32. The van der Waals surface area contributed by atoms with Gasteiger partial charge < -0.3 is 5.11 Å². The largest absolute Gasteiger partial charge is 0.504 e. The number of Topliss-reactive ketones (excluding diaryl/α,β-unsaturated/α-hetero) is 1. The Kier molecular flexibility index (Phi) is 2.66. The second-order valence-corrected chi connectivity index (χ2v) is 4.00. The molecule has 1 saturated carbocycles. The van der Waals surface area contributed by atoms with E-state index in [0.29, 0.717) is 11.7 Å². The molecule has 0 unspecified atom stereocenters. The number of aromatic hydroxyl groups is 1. The van der Waals surface area contributed by atoms with Gasteiger partial charge in [0.05, 0.1) is 6.20 Å². The van der Waals surface area contributed by atoms with Crippen molar-refractivity contribution in [3.63, 3.8) is 0 Å². The Balaban J connectivity index is 2.33. The van der Waals surface area contributed by atoms with Gasteiger partial charge in [0.15, 0.2) is 17.2 Å². The lowest BCUT2D eigenvalue weighted by molar-refractivity contribution is 0.100. The summed E-state index contributed by atoms with van der Waals surface area (Å²) in [6, 6.07) is 0. The van der Waals surface area contributed by atoms with E-state index in [1.165, 1.54) is 26.0 Å². The Hall–Kier alpha value is -1.45. The fourth-order valence-electron chi connectivity index (χ4n) is 2.03. The highest BCUT2D eigenvalue weighted by atomic mass is 16.3. The van der Waals surface area contributed by atoms with Crippen LogP contribution in [-0.4, -0.2) is 20.9 Å². The SMILES string of the molecule is CC(=O)c1nc(C2CCCC2)ncc1O. The maximum absolute atomic E-state index is 11.2. The Morgan fingerprint density at radius 3 is 2.73 bits per heavy atom. The monoisotopic (exact) mass is 206 g/mol. The maximum Gasteiger partial charge on any atom is 0.182 e. The molecular formula is C11H14N2O2. The molecule has 0 radical (unpaired) electrons. The van der Waals surface area contributed by atoms with Crippen LogP contribution in [0, 0.1) is 0 Å². The van der Waals surface area contributed by atoms with Crippen molar-refractivity contribution in [1.29, 1.82) is 0 Å². The standard InChI is InChI=1S/C11H14N2O2/c1-7(14)10-9(15)6-12-11(13-10)8-4-2-3-5-8/h6,8,15H,2-5H2,1H3. The van der Waals surface area contributed by atoms with Crippen LogP contribution in [0.1, 0.15) is 54.8 Å². The first-order chi connectivity index (χ1) is 7.18. The molecule has 1 aromatic rings. The molecule has 4 heteroatoms. The molecule has 0 atom stereocenters. The minimum atomic E-state index is -0.214. The third kappa shape index (κ3) is 1.98. The number of aromatic nitrogens is 2. The summed E-state index contributed by atoms with van der Waals surface area (Å²) in [4.78, 5) is 19.4. The molecule has 1 fully saturated rings. The molecule has 4 nitrogen and oxygen atoms in total. The zero-order chi connectivity index (χ0) is 10.8. The van der Waals surface area contributed by atoms with Crippen molar-refractivity contribution in [2.24, 2.45) is 0 Å². The molecule has 0 aromatic carbocycles. The van der Waals surface area contributed by atoms with Gasteiger partial charge in [-0.2, -0.15) is 0 Å². The van der Waals surface area contributed by atoms with Crippen LogP contribution in [0.15, 0.2) is 6.20 Å². The van der Waals surface area contributed by atoms with E-state index in [0.717, 1.165) is 12.8 Å². The summed E-state index contributed by atoms with van der Waals surface area (Å²) in [5, 5.41) is 9.40. The molecule has 15 heavy (non-hydrogen) atoms. The van der Waals surface area contributed by atoms with Gasteiger partial charge in [-0.3, -0.25) is 4.79 Å². The van der Waals surface area contributed by atoms with Gasteiger partial charge in [-0.1, -0.05) is 12.8 Å². The van der Waals surface area contributed by atoms with E-state index in [2.05, 4.69) is 9.97 Å². The van der Waals surface area contributed by atoms with Crippen molar-refractivity contribution >= 4 is 5.78 Å². The quantitative estimate of drug-likeness (QED) is 0.752. The molecule has 0 spiro atoms.